The van der Waals surface area contributed by atoms with Gasteiger partial charge in [-0.25, -0.2) is 4.68 Å². The molecule has 1 radical (unpaired) electrons. The van der Waals surface area contributed by atoms with E-state index in [4.69, 9.17) is 0 Å². The maximum atomic E-state index is 12.4. The maximum absolute atomic E-state index is 12.4. The van der Waals surface area contributed by atoms with Crippen LogP contribution in [-0.2, 0) is 6.18 Å². The van der Waals surface area contributed by atoms with Crippen LogP contribution in [0.1, 0.15) is 5.56 Å². The number of nitrogens with zero attached hydrogens (tertiary/aromatic N) is 3. The molecule has 77 valence electrons. The van der Waals surface area contributed by atoms with Crippen molar-refractivity contribution in [3.8, 4) is 5.69 Å². The minimum atomic E-state index is -4.35. The molecule has 0 amide bonds. The summed E-state index contributed by atoms with van der Waals surface area (Å²) in [4.78, 5) is 0. The van der Waals surface area contributed by atoms with Crippen LogP contribution in [0.25, 0.3) is 5.69 Å². The molecule has 0 fully saturated rings. The first-order chi connectivity index (χ1) is 7.07. The number of halogens is 3. The lowest BCUT2D eigenvalue weighted by molar-refractivity contribution is -0.137. The fourth-order valence-electron chi connectivity index (χ4n) is 1.13. The van der Waals surface area contributed by atoms with Gasteiger partial charge < -0.3 is 0 Å². The Morgan fingerprint density at radius 3 is 2.67 bits per heavy atom. The molecule has 3 nitrogen and oxygen atoms in total. The Morgan fingerprint density at radius 2 is 2.07 bits per heavy atom. The molecule has 1 aromatic heterocycles. The highest BCUT2D eigenvalue weighted by Crippen LogP contribution is 2.29. The van der Waals surface area contributed by atoms with Crippen molar-refractivity contribution in [2.75, 3.05) is 0 Å². The Morgan fingerprint density at radius 1 is 1.27 bits per heavy atom. The molecule has 0 N–H and O–H groups in total. The number of aromatic nitrogens is 3. The van der Waals surface area contributed by atoms with Gasteiger partial charge in [-0.15, -0.1) is 5.10 Å². The van der Waals surface area contributed by atoms with E-state index < -0.39 is 11.7 Å². The van der Waals surface area contributed by atoms with Gasteiger partial charge in [-0.3, -0.25) is 0 Å². The molecule has 0 spiro atoms. The van der Waals surface area contributed by atoms with Gasteiger partial charge in [-0.05, 0) is 18.2 Å². The second-order valence-electron chi connectivity index (χ2n) is 2.84. The molecule has 0 aliphatic heterocycles. The van der Waals surface area contributed by atoms with Crippen molar-refractivity contribution in [1.82, 2.24) is 15.0 Å². The minimum absolute atomic E-state index is 0.304. The molecule has 0 saturated heterocycles. The summed E-state index contributed by atoms with van der Waals surface area (Å²) in [6, 6.07) is 4.84. The summed E-state index contributed by atoms with van der Waals surface area (Å²) in [5.74, 6) is 0. The van der Waals surface area contributed by atoms with E-state index in [1.807, 2.05) is 0 Å². The van der Waals surface area contributed by atoms with E-state index in [2.05, 4.69) is 16.5 Å². The summed E-state index contributed by atoms with van der Waals surface area (Å²) in [6.45, 7) is 0. The van der Waals surface area contributed by atoms with Gasteiger partial charge in [-0.1, -0.05) is 11.3 Å². The summed E-state index contributed by atoms with van der Waals surface area (Å²) in [5.41, 5.74) is -0.408. The molecule has 2 rings (SSSR count). The summed E-state index contributed by atoms with van der Waals surface area (Å²) in [5, 5.41) is 6.95. The van der Waals surface area contributed by atoms with Crippen LogP contribution in [0.15, 0.2) is 30.5 Å². The SMILES string of the molecule is FC(F)(F)c1cccc(-n2c[c]nn2)c1. The lowest BCUT2D eigenvalue weighted by Gasteiger charge is -2.07. The van der Waals surface area contributed by atoms with E-state index in [9.17, 15) is 13.2 Å². The number of rotatable bonds is 1. The van der Waals surface area contributed by atoms with Gasteiger partial charge in [0.1, 0.15) is 6.20 Å². The highest BCUT2D eigenvalue weighted by molar-refractivity contribution is 5.35. The Kier molecular flexibility index (Phi) is 2.18. The van der Waals surface area contributed by atoms with Crippen LogP contribution < -0.4 is 0 Å². The number of benzene rings is 1. The van der Waals surface area contributed by atoms with Crippen molar-refractivity contribution < 1.29 is 13.2 Å². The molecule has 2 aromatic rings. The first-order valence-electron chi connectivity index (χ1n) is 4.03. The Bertz CT molecular complexity index is 448. The van der Waals surface area contributed by atoms with Crippen LogP contribution in [0.3, 0.4) is 0 Å². The third kappa shape index (κ3) is 1.98. The lowest BCUT2D eigenvalue weighted by atomic mass is 10.2. The van der Waals surface area contributed by atoms with Gasteiger partial charge in [0.2, 0.25) is 0 Å². The van der Waals surface area contributed by atoms with E-state index in [0.29, 0.717) is 5.69 Å². The fourth-order valence-corrected chi connectivity index (χ4v) is 1.13. The predicted octanol–water partition coefficient (Wildman–Crippen LogP) is 2.09. The number of hydrogen-bond acceptors (Lipinski definition) is 2. The minimum Gasteiger partial charge on any atom is -0.220 e. The Balaban J connectivity index is 2.44. The quantitative estimate of drug-likeness (QED) is 0.724. The van der Waals surface area contributed by atoms with Gasteiger partial charge in [0.15, 0.2) is 0 Å². The Labute approximate surface area is 83.1 Å². The van der Waals surface area contributed by atoms with Crippen LogP contribution in [0.2, 0.25) is 0 Å². The molecule has 0 saturated carbocycles. The highest BCUT2D eigenvalue weighted by Gasteiger charge is 2.30. The summed E-state index contributed by atoms with van der Waals surface area (Å²) in [6.07, 6.45) is -0.583. The van der Waals surface area contributed by atoms with Crippen molar-refractivity contribution in [1.29, 1.82) is 0 Å². The van der Waals surface area contributed by atoms with E-state index in [0.717, 1.165) is 12.1 Å². The molecule has 0 aliphatic carbocycles. The topological polar surface area (TPSA) is 30.7 Å². The molecule has 0 atom stereocenters. The van der Waals surface area contributed by atoms with Crippen LogP contribution in [0, 0.1) is 6.20 Å². The molecular weight excluding hydrogens is 207 g/mol. The summed E-state index contributed by atoms with van der Waals surface area (Å²) >= 11 is 0. The van der Waals surface area contributed by atoms with E-state index >= 15 is 0 Å². The van der Waals surface area contributed by atoms with Crippen LogP contribution >= 0.6 is 0 Å². The van der Waals surface area contributed by atoms with Gasteiger partial charge in [0.05, 0.1) is 17.4 Å². The molecule has 0 unspecified atom stereocenters. The zero-order valence-corrected chi connectivity index (χ0v) is 7.36. The molecule has 6 heteroatoms. The van der Waals surface area contributed by atoms with Crippen LogP contribution in [0.4, 0.5) is 13.2 Å². The normalized spacial score (nSPS) is 11.7. The lowest BCUT2D eigenvalue weighted by Crippen LogP contribution is -2.06. The second-order valence-corrected chi connectivity index (χ2v) is 2.84. The molecule has 15 heavy (non-hydrogen) atoms. The average molecular weight is 212 g/mol. The standard InChI is InChI=1S/C9H5F3N3/c10-9(11,12)7-2-1-3-8(6-7)15-5-4-13-14-15/h1-3,5-6H. The summed E-state index contributed by atoms with van der Waals surface area (Å²) in [7, 11) is 0. The predicted molar refractivity (Wildman–Crippen MR) is 45.2 cm³/mol. The van der Waals surface area contributed by atoms with Crippen molar-refractivity contribution in [2.24, 2.45) is 0 Å². The van der Waals surface area contributed by atoms with E-state index in [-0.39, 0.29) is 0 Å². The van der Waals surface area contributed by atoms with Crippen LogP contribution in [0.5, 0.6) is 0 Å². The summed E-state index contributed by atoms with van der Waals surface area (Å²) < 4.78 is 38.3. The fraction of sp³-hybridized carbons (Fsp3) is 0.111. The third-order valence-corrected chi connectivity index (χ3v) is 1.82. The van der Waals surface area contributed by atoms with Gasteiger partial charge in [-0.2, -0.15) is 13.2 Å². The first kappa shape index (κ1) is 9.70. The number of hydrogen-bond donors (Lipinski definition) is 0. The highest BCUT2D eigenvalue weighted by atomic mass is 19.4. The van der Waals surface area contributed by atoms with Crippen LogP contribution in [-0.4, -0.2) is 15.0 Å². The molecule has 0 bridgehead atoms. The Hall–Kier alpha value is -1.85. The van der Waals surface area contributed by atoms with E-state index in [1.165, 1.54) is 23.0 Å². The van der Waals surface area contributed by atoms with Crippen molar-refractivity contribution in [2.45, 2.75) is 6.18 Å². The largest absolute Gasteiger partial charge is 0.416 e. The smallest absolute Gasteiger partial charge is 0.220 e. The zero-order chi connectivity index (χ0) is 10.9. The van der Waals surface area contributed by atoms with Gasteiger partial charge >= 0.3 is 6.18 Å². The van der Waals surface area contributed by atoms with Gasteiger partial charge in [0.25, 0.3) is 0 Å². The average Bonchev–Trinajstić information content (AvgIpc) is 2.69. The number of alkyl halides is 3. The van der Waals surface area contributed by atoms with Crippen molar-refractivity contribution in [3.63, 3.8) is 0 Å². The molecule has 1 aromatic carbocycles. The first-order valence-corrected chi connectivity index (χ1v) is 4.03. The monoisotopic (exact) mass is 212 g/mol. The van der Waals surface area contributed by atoms with Gasteiger partial charge in [0, 0.05) is 0 Å². The second kappa shape index (κ2) is 3.38. The van der Waals surface area contributed by atoms with E-state index in [1.54, 1.807) is 0 Å². The molecule has 1 heterocycles. The third-order valence-electron chi connectivity index (χ3n) is 1.82. The zero-order valence-electron chi connectivity index (χ0n) is 7.36. The maximum Gasteiger partial charge on any atom is 0.416 e. The van der Waals surface area contributed by atoms with Crippen molar-refractivity contribution >= 4 is 0 Å². The molecule has 0 aliphatic rings. The van der Waals surface area contributed by atoms with Crippen molar-refractivity contribution in [3.05, 3.63) is 42.2 Å². The molecular formula is C9H5F3N3.